The minimum Gasteiger partial charge on any atom is -0.492 e. The Bertz CT molecular complexity index is 620. The average molecular weight is 345 g/mol. The second kappa shape index (κ2) is 7.26. The molecule has 0 saturated heterocycles. The van der Waals surface area contributed by atoms with Gasteiger partial charge < -0.3 is 10.1 Å². The number of anilines is 1. The van der Waals surface area contributed by atoms with E-state index in [9.17, 15) is 0 Å². The fourth-order valence-electron chi connectivity index (χ4n) is 1.98. The zero-order chi connectivity index (χ0) is 15.4. The number of halogens is 3. The van der Waals surface area contributed by atoms with E-state index in [4.69, 9.17) is 39.5 Å². The lowest BCUT2D eigenvalue weighted by Crippen LogP contribution is -2.12. The van der Waals surface area contributed by atoms with Crippen molar-refractivity contribution in [1.82, 2.24) is 0 Å². The van der Waals surface area contributed by atoms with Gasteiger partial charge in [0.1, 0.15) is 12.4 Å². The molecular weight excluding hydrogens is 329 g/mol. The third kappa shape index (κ3) is 4.44. The molecule has 21 heavy (non-hydrogen) atoms. The molecule has 0 heterocycles. The van der Waals surface area contributed by atoms with Crippen LogP contribution in [0, 0.1) is 13.8 Å². The van der Waals surface area contributed by atoms with Gasteiger partial charge in [-0.1, -0.05) is 34.8 Å². The zero-order valence-corrected chi connectivity index (χ0v) is 14.1. The number of hydrogen-bond donors (Lipinski definition) is 1. The molecule has 0 aromatic heterocycles. The van der Waals surface area contributed by atoms with E-state index < -0.39 is 0 Å². The molecule has 0 atom stereocenters. The molecular formula is C16H16Cl3NO. The molecule has 0 unspecified atom stereocenters. The predicted molar refractivity (Wildman–Crippen MR) is 91.4 cm³/mol. The van der Waals surface area contributed by atoms with Crippen LogP contribution in [0.2, 0.25) is 15.1 Å². The van der Waals surface area contributed by atoms with Crippen molar-refractivity contribution in [1.29, 1.82) is 0 Å². The van der Waals surface area contributed by atoms with Crippen molar-refractivity contribution in [3.05, 3.63) is 56.5 Å². The Labute approximate surface area is 140 Å². The smallest absolute Gasteiger partial charge is 0.120 e. The standard InChI is InChI=1S/C16H16Cl3NO/c1-10-7-13(8-11(2)16(10)19)21-6-5-20-15-9-12(17)3-4-14(15)18/h3-4,7-9,20H,5-6H2,1-2H3. The van der Waals surface area contributed by atoms with Crippen molar-refractivity contribution in [2.75, 3.05) is 18.5 Å². The minimum absolute atomic E-state index is 0.517. The van der Waals surface area contributed by atoms with Crippen molar-refractivity contribution in [2.24, 2.45) is 0 Å². The highest BCUT2D eigenvalue weighted by molar-refractivity contribution is 6.35. The summed E-state index contributed by atoms with van der Waals surface area (Å²) in [5, 5.41) is 5.26. The van der Waals surface area contributed by atoms with Gasteiger partial charge in [-0.25, -0.2) is 0 Å². The maximum Gasteiger partial charge on any atom is 0.120 e. The summed E-state index contributed by atoms with van der Waals surface area (Å²) < 4.78 is 5.72. The first-order valence-corrected chi connectivity index (χ1v) is 7.69. The molecule has 0 amide bonds. The van der Waals surface area contributed by atoms with Crippen LogP contribution >= 0.6 is 34.8 Å². The van der Waals surface area contributed by atoms with Crippen LogP contribution in [0.25, 0.3) is 0 Å². The van der Waals surface area contributed by atoms with Crippen LogP contribution in [0.5, 0.6) is 5.75 Å². The fraction of sp³-hybridized carbons (Fsp3) is 0.250. The number of hydrogen-bond acceptors (Lipinski definition) is 2. The van der Waals surface area contributed by atoms with Gasteiger partial charge in [-0.15, -0.1) is 0 Å². The molecule has 0 spiro atoms. The van der Waals surface area contributed by atoms with E-state index in [0.717, 1.165) is 27.6 Å². The number of nitrogens with one attached hydrogen (secondary N) is 1. The van der Waals surface area contributed by atoms with E-state index in [1.165, 1.54) is 0 Å². The van der Waals surface area contributed by atoms with E-state index in [0.29, 0.717) is 23.2 Å². The van der Waals surface area contributed by atoms with Crippen molar-refractivity contribution in [3.63, 3.8) is 0 Å². The lowest BCUT2D eigenvalue weighted by atomic mass is 10.1. The maximum atomic E-state index is 6.13. The van der Waals surface area contributed by atoms with Gasteiger partial charge in [0.25, 0.3) is 0 Å². The Hall–Kier alpha value is -1.09. The van der Waals surface area contributed by atoms with Crippen molar-refractivity contribution >= 4 is 40.5 Å². The molecule has 0 radical (unpaired) electrons. The van der Waals surface area contributed by atoms with Crippen LogP contribution in [0.4, 0.5) is 5.69 Å². The topological polar surface area (TPSA) is 21.3 Å². The summed E-state index contributed by atoms with van der Waals surface area (Å²) in [5.74, 6) is 0.813. The summed E-state index contributed by atoms with van der Waals surface area (Å²) in [6.07, 6.45) is 0. The Morgan fingerprint density at radius 3 is 2.33 bits per heavy atom. The monoisotopic (exact) mass is 343 g/mol. The van der Waals surface area contributed by atoms with E-state index in [1.807, 2.05) is 26.0 Å². The first kappa shape index (κ1) is 16.3. The van der Waals surface area contributed by atoms with Crippen LogP contribution < -0.4 is 10.1 Å². The van der Waals surface area contributed by atoms with Gasteiger partial charge in [0.05, 0.1) is 10.7 Å². The summed E-state index contributed by atoms with van der Waals surface area (Å²) >= 11 is 18.1. The quantitative estimate of drug-likeness (QED) is 0.697. The van der Waals surface area contributed by atoms with Gasteiger partial charge in [-0.2, -0.15) is 0 Å². The van der Waals surface area contributed by atoms with Crippen LogP contribution in [0.3, 0.4) is 0 Å². The Morgan fingerprint density at radius 1 is 1.00 bits per heavy atom. The zero-order valence-electron chi connectivity index (χ0n) is 11.8. The molecule has 1 N–H and O–H groups in total. The second-order valence-corrected chi connectivity index (χ2v) is 5.99. The van der Waals surface area contributed by atoms with Crippen molar-refractivity contribution < 1.29 is 4.74 Å². The molecule has 0 bridgehead atoms. The molecule has 112 valence electrons. The van der Waals surface area contributed by atoms with Crippen molar-refractivity contribution in [2.45, 2.75) is 13.8 Å². The second-order valence-electron chi connectivity index (χ2n) is 4.77. The van der Waals surface area contributed by atoms with Gasteiger partial charge in [-0.3, -0.25) is 0 Å². The molecule has 0 saturated carbocycles. The normalized spacial score (nSPS) is 10.5. The summed E-state index contributed by atoms with van der Waals surface area (Å²) in [4.78, 5) is 0. The van der Waals surface area contributed by atoms with Crippen LogP contribution in [0.15, 0.2) is 30.3 Å². The molecule has 2 rings (SSSR count). The highest BCUT2D eigenvalue weighted by Gasteiger charge is 2.04. The van der Waals surface area contributed by atoms with E-state index in [-0.39, 0.29) is 0 Å². The average Bonchev–Trinajstić information content (AvgIpc) is 2.44. The van der Waals surface area contributed by atoms with Gasteiger partial charge in [0, 0.05) is 16.6 Å². The fourth-order valence-corrected chi connectivity index (χ4v) is 2.44. The van der Waals surface area contributed by atoms with Gasteiger partial charge in [0.2, 0.25) is 0 Å². The van der Waals surface area contributed by atoms with Crippen LogP contribution in [-0.2, 0) is 0 Å². The summed E-state index contributed by atoms with van der Waals surface area (Å²) in [5.41, 5.74) is 2.83. The lowest BCUT2D eigenvalue weighted by Gasteiger charge is -2.12. The summed E-state index contributed by atoms with van der Waals surface area (Å²) in [7, 11) is 0. The van der Waals surface area contributed by atoms with Crippen LogP contribution in [-0.4, -0.2) is 13.2 Å². The summed E-state index contributed by atoms with van der Waals surface area (Å²) in [6.45, 7) is 5.07. The van der Waals surface area contributed by atoms with E-state index >= 15 is 0 Å². The highest BCUT2D eigenvalue weighted by Crippen LogP contribution is 2.26. The SMILES string of the molecule is Cc1cc(OCCNc2cc(Cl)ccc2Cl)cc(C)c1Cl. The Balaban J connectivity index is 1.89. The van der Waals surface area contributed by atoms with E-state index in [1.54, 1.807) is 18.2 Å². The minimum atomic E-state index is 0.517. The first-order chi connectivity index (χ1) is 9.97. The third-order valence-electron chi connectivity index (χ3n) is 3.02. The van der Waals surface area contributed by atoms with Crippen LogP contribution in [0.1, 0.15) is 11.1 Å². The predicted octanol–water partition coefficient (Wildman–Crippen LogP) is 5.75. The number of rotatable bonds is 5. The third-order valence-corrected chi connectivity index (χ3v) is 4.19. The highest BCUT2D eigenvalue weighted by atomic mass is 35.5. The molecule has 0 aliphatic rings. The van der Waals surface area contributed by atoms with E-state index in [2.05, 4.69) is 5.32 Å². The molecule has 2 nitrogen and oxygen atoms in total. The molecule has 2 aromatic carbocycles. The Morgan fingerprint density at radius 2 is 1.67 bits per heavy atom. The lowest BCUT2D eigenvalue weighted by molar-refractivity contribution is 0.332. The number of ether oxygens (including phenoxy) is 1. The molecule has 0 aliphatic heterocycles. The molecule has 0 aliphatic carbocycles. The number of benzene rings is 2. The Kier molecular flexibility index (Phi) is 5.63. The van der Waals surface area contributed by atoms with Gasteiger partial charge in [-0.05, 0) is 55.3 Å². The first-order valence-electron chi connectivity index (χ1n) is 6.56. The van der Waals surface area contributed by atoms with Crippen molar-refractivity contribution in [3.8, 4) is 5.75 Å². The molecule has 5 heteroatoms. The summed E-state index contributed by atoms with van der Waals surface area (Å²) in [6, 6.07) is 9.17. The largest absolute Gasteiger partial charge is 0.492 e. The van der Waals surface area contributed by atoms with Gasteiger partial charge >= 0.3 is 0 Å². The maximum absolute atomic E-state index is 6.13. The molecule has 0 fully saturated rings. The molecule has 2 aromatic rings. The number of aryl methyl sites for hydroxylation is 2. The van der Waals surface area contributed by atoms with Gasteiger partial charge in [0.15, 0.2) is 0 Å².